The Morgan fingerprint density at radius 3 is 2.31 bits per heavy atom. The SMILES string of the molecule is CC1(C)C(=O)C(Cl)C(c2ccccc2)=[N+]1[O-]. The van der Waals surface area contributed by atoms with Gasteiger partial charge in [0.25, 0.3) is 0 Å². The monoisotopic (exact) mass is 237 g/mol. The van der Waals surface area contributed by atoms with E-state index in [9.17, 15) is 10.0 Å². The van der Waals surface area contributed by atoms with E-state index in [0.717, 1.165) is 4.74 Å². The number of hydrogen-bond donors (Lipinski definition) is 0. The van der Waals surface area contributed by atoms with Crippen molar-refractivity contribution in [1.82, 2.24) is 0 Å². The minimum absolute atomic E-state index is 0.247. The number of hydrogen-bond acceptors (Lipinski definition) is 2. The zero-order valence-electron chi connectivity index (χ0n) is 9.11. The molecule has 0 fully saturated rings. The van der Waals surface area contributed by atoms with E-state index in [1.807, 2.05) is 18.2 Å². The molecule has 16 heavy (non-hydrogen) atoms. The predicted octanol–water partition coefficient (Wildman–Crippen LogP) is 1.95. The summed E-state index contributed by atoms with van der Waals surface area (Å²) in [5.41, 5.74) is -0.0221. The highest BCUT2D eigenvalue weighted by Crippen LogP contribution is 2.27. The fraction of sp³-hybridized carbons (Fsp3) is 0.333. The highest BCUT2D eigenvalue weighted by atomic mass is 35.5. The molecular formula is C12H12ClNO2. The normalized spacial score (nSPS) is 23.9. The molecule has 1 aromatic rings. The molecule has 1 heterocycles. The molecule has 0 aromatic heterocycles. The average molecular weight is 238 g/mol. The number of rotatable bonds is 1. The van der Waals surface area contributed by atoms with Crippen LogP contribution in [0.1, 0.15) is 19.4 Å². The summed E-state index contributed by atoms with van der Waals surface area (Å²) < 4.78 is 0.725. The Morgan fingerprint density at radius 2 is 1.88 bits per heavy atom. The molecule has 0 spiro atoms. The van der Waals surface area contributed by atoms with Crippen molar-refractivity contribution in [2.45, 2.75) is 24.8 Å². The van der Waals surface area contributed by atoms with Crippen molar-refractivity contribution in [3.8, 4) is 0 Å². The van der Waals surface area contributed by atoms with E-state index in [0.29, 0.717) is 11.3 Å². The number of hydroxylamine groups is 1. The van der Waals surface area contributed by atoms with Crippen LogP contribution in [-0.2, 0) is 4.79 Å². The molecule has 3 nitrogen and oxygen atoms in total. The average Bonchev–Trinajstić information content (AvgIpc) is 2.42. The molecule has 84 valence electrons. The van der Waals surface area contributed by atoms with Gasteiger partial charge in [-0.05, 0) is 12.1 Å². The van der Waals surface area contributed by atoms with E-state index in [-0.39, 0.29) is 5.78 Å². The largest absolute Gasteiger partial charge is 0.623 e. The number of carbonyl (C=O) groups excluding carboxylic acids is 1. The molecule has 0 amide bonds. The van der Waals surface area contributed by atoms with E-state index in [1.165, 1.54) is 0 Å². The van der Waals surface area contributed by atoms with E-state index in [1.54, 1.807) is 26.0 Å². The maximum Gasteiger partial charge on any atom is 0.232 e. The van der Waals surface area contributed by atoms with Crippen LogP contribution in [0.3, 0.4) is 0 Å². The summed E-state index contributed by atoms with van der Waals surface area (Å²) in [5, 5.41) is 11.2. The van der Waals surface area contributed by atoms with Gasteiger partial charge in [-0.2, -0.15) is 4.74 Å². The number of halogens is 1. The topological polar surface area (TPSA) is 43.1 Å². The van der Waals surface area contributed by atoms with Crippen LogP contribution in [0.5, 0.6) is 0 Å². The zero-order valence-corrected chi connectivity index (χ0v) is 9.86. The van der Waals surface area contributed by atoms with Gasteiger partial charge in [0.1, 0.15) is 0 Å². The van der Waals surface area contributed by atoms with Crippen molar-refractivity contribution >= 4 is 23.1 Å². The molecule has 1 aromatic carbocycles. The van der Waals surface area contributed by atoms with Crippen molar-refractivity contribution in [1.29, 1.82) is 0 Å². The molecule has 1 atom stereocenters. The molecule has 0 saturated heterocycles. The smallest absolute Gasteiger partial charge is 0.232 e. The molecule has 0 N–H and O–H groups in total. The van der Waals surface area contributed by atoms with Gasteiger partial charge in [-0.1, -0.05) is 18.2 Å². The van der Waals surface area contributed by atoms with Gasteiger partial charge in [0, 0.05) is 19.4 Å². The lowest BCUT2D eigenvalue weighted by atomic mass is 9.99. The molecule has 1 aliphatic heterocycles. The van der Waals surface area contributed by atoms with E-state index in [4.69, 9.17) is 11.6 Å². The molecule has 1 aliphatic rings. The van der Waals surface area contributed by atoms with Gasteiger partial charge in [-0.15, -0.1) is 11.6 Å². The Bertz CT molecular complexity index is 465. The predicted molar refractivity (Wildman–Crippen MR) is 62.9 cm³/mol. The van der Waals surface area contributed by atoms with Crippen LogP contribution in [0.25, 0.3) is 0 Å². The van der Waals surface area contributed by atoms with E-state index < -0.39 is 10.9 Å². The van der Waals surface area contributed by atoms with Crippen molar-refractivity contribution < 1.29 is 9.53 Å². The Kier molecular flexibility index (Phi) is 2.50. The van der Waals surface area contributed by atoms with E-state index in [2.05, 4.69) is 0 Å². The van der Waals surface area contributed by atoms with Gasteiger partial charge in [0.05, 0.1) is 0 Å². The summed E-state index contributed by atoms with van der Waals surface area (Å²) in [6.45, 7) is 3.18. The molecule has 0 aliphatic carbocycles. The Hall–Kier alpha value is -1.35. The first kappa shape index (κ1) is 11.1. The molecule has 4 heteroatoms. The third kappa shape index (κ3) is 1.43. The van der Waals surface area contributed by atoms with Gasteiger partial charge in [0.15, 0.2) is 5.38 Å². The van der Waals surface area contributed by atoms with Gasteiger partial charge in [-0.25, -0.2) is 0 Å². The Balaban J connectivity index is 2.57. The number of alkyl halides is 1. The van der Waals surface area contributed by atoms with Crippen LogP contribution >= 0.6 is 11.6 Å². The Labute approximate surface area is 98.9 Å². The number of benzene rings is 1. The van der Waals surface area contributed by atoms with Crippen LogP contribution in [0.15, 0.2) is 30.3 Å². The maximum atomic E-state index is 12.0. The van der Waals surface area contributed by atoms with Crippen molar-refractivity contribution in [3.63, 3.8) is 0 Å². The van der Waals surface area contributed by atoms with Gasteiger partial charge >= 0.3 is 0 Å². The minimum Gasteiger partial charge on any atom is -0.623 e. The van der Waals surface area contributed by atoms with Crippen molar-refractivity contribution in [2.24, 2.45) is 0 Å². The number of Topliss-reactive ketones (excluding diaryl/α,β-unsaturated/α-hetero) is 1. The van der Waals surface area contributed by atoms with Crippen LogP contribution in [0, 0.1) is 5.21 Å². The second kappa shape index (κ2) is 3.59. The zero-order chi connectivity index (χ0) is 11.9. The molecule has 1 unspecified atom stereocenters. The third-order valence-corrected chi connectivity index (χ3v) is 3.27. The van der Waals surface area contributed by atoms with Crippen LogP contribution < -0.4 is 0 Å². The quantitative estimate of drug-likeness (QED) is 0.426. The fourth-order valence-electron chi connectivity index (χ4n) is 1.81. The van der Waals surface area contributed by atoms with Crippen LogP contribution in [0.2, 0.25) is 0 Å². The van der Waals surface area contributed by atoms with Crippen LogP contribution in [0.4, 0.5) is 0 Å². The molecule has 0 radical (unpaired) electrons. The van der Waals surface area contributed by atoms with Crippen molar-refractivity contribution in [3.05, 3.63) is 41.1 Å². The minimum atomic E-state index is -1.07. The molecular weight excluding hydrogens is 226 g/mol. The lowest BCUT2D eigenvalue weighted by molar-refractivity contribution is -0.515. The molecule has 2 rings (SSSR count). The first-order valence-corrected chi connectivity index (χ1v) is 5.48. The number of ketones is 1. The van der Waals surface area contributed by atoms with E-state index >= 15 is 0 Å². The number of carbonyl (C=O) groups is 1. The summed E-state index contributed by atoms with van der Waals surface area (Å²) in [6, 6.07) is 9.05. The molecule has 0 saturated carbocycles. The summed E-state index contributed by atoms with van der Waals surface area (Å²) >= 11 is 6.01. The summed E-state index contributed by atoms with van der Waals surface area (Å²) in [5.74, 6) is -0.247. The lowest BCUT2D eigenvalue weighted by Gasteiger charge is -2.16. The van der Waals surface area contributed by atoms with Gasteiger partial charge in [-0.3, -0.25) is 4.79 Å². The summed E-state index contributed by atoms with van der Waals surface area (Å²) in [7, 11) is 0. The molecule has 0 bridgehead atoms. The van der Waals surface area contributed by atoms with Crippen molar-refractivity contribution in [2.75, 3.05) is 0 Å². The third-order valence-electron chi connectivity index (χ3n) is 2.87. The van der Waals surface area contributed by atoms with Crippen LogP contribution in [-0.4, -0.2) is 27.1 Å². The number of nitrogens with zero attached hydrogens (tertiary/aromatic N) is 1. The van der Waals surface area contributed by atoms with Gasteiger partial charge < -0.3 is 5.21 Å². The maximum absolute atomic E-state index is 12.0. The second-order valence-corrected chi connectivity index (χ2v) is 4.77. The highest BCUT2D eigenvalue weighted by molar-refractivity contribution is 6.46. The fourth-order valence-corrected chi connectivity index (χ4v) is 2.29. The first-order valence-electron chi connectivity index (χ1n) is 5.04. The second-order valence-electron chi connectivity index (χ2n) is 4.33. The Morgan fingerprint density at radius 1 is 1.31 bits per heavy atom. The standard InChI is InChI=1S/C12H12ClNO2/c1-12(2)11(15)9(13)10(14(12)16)8-6-4-3-5-7-8/h3-7,9H,1-2H3. The summed E-state index contributed by atoms with van der Waals surface area (Å²) in [4.78, 5) is 11.8. The summed E-state index contributed by atoms with van der Waals surface area (Å²) in [6.07, 6.45) is 0. The highest BCUT2D eigenvalue weighted by Gasteiger charge is 2.52. The van der Waals surface area contributed by atoms with Gasteiger partial charge in [0.2, 0.25) is 17.0 Å². The lowest BCUT2D eigenvalue weighted by Crippen LogP contribution is -2.37. The first-order chi connectivity index (χ1) is 7.46.